The molecule has 11 heteroatoms. The minimum atomic E-state index is -4.54. The van der Waals surface area contributed by atoms with Crippen LogP contribution in [0.1, 0.15) is 22.6 Å². The molecular formula is C13H7F3N4O3S. The van der Waals surface area contributed by atoms with E-state index in [2.05, 4.69) is 9.68 Å². The van der Waals surface area contributed by atoms with E-state index in [4.69, 9.17) is 10.5 Å². The summed E-state index contributed by atoms with van der Waals surface area (Å²) in [5.74, 6) is -5.57. The van der Waals surface area contributed by atoms with Gasteiger partial charge >= 0.3 is 0 Å². The summed E-state index contributed by atoms with van der Waals surface area (Å²) in [4.78, 5) is -0.450. The van der Waals surface area contributed by atoms with Gasteiger partial charge in [-0.15, -0.1) is 0 Å². The zero-order valence-electron chi connectivity index (χ0n) is 12.1. The average Bonchev–Trinajstić information content (AvgIpc) is 2.85. The van der Waals surface area contributed by atoms with Gasteiger partial charge in [-0.2, -0.15) is 10.5 Å². The van der Waals surface area contributed by atoms with Crippen LogP contribution in [0.15, 0.2) is 9.42 Å². The van der Waals surface area contributed by atoms with Crippen molar-refractivity contribution in [2.24, 2.45) is 0 Å². The third-order valence-corrected chi connectivity index (χ3v) is 4.61. The van der Waals surface area contributed by atoms with E-state index in [-0.39, 0.29) is 11.5 Å². The highest BCUT2D eigenvalue weighted by molar-refractivity contribution is 7.92. The Bertz CT molecular complexity index is 1010. The minimum absolute atomic E-state index is 0.0676. The van der Waals surface area contributed by atoms with Crippen LogP contribution in [0, 0.1) is 54.0 Å². The van der Waals surface area contributed by atoms with Crippen molar-refractivity contribution < 1.29 is 26.1 Å². The summed E-state index contributed by atoms with van der Waals surface area (Å²) in [5, 5.41) is 21.0. The lowest BCUT2D eigenvalue weighted by molar-refractivity contribution is 0.390. The van der Waals surface area contributed by atoms with Crippen molar-refractivity contribution in [1.29, 1.82) is 10.5 Å². The maximum absolute atomic E-state index is 14.2. The number of nitrogens with one attached hydrogen (secondary N) is 1. The molecule has 1 aromatic heterocycles. The van der Waals surface area contributed by atoms with Crippen molar-refractivity contribution in [2.75, 3.05) is 4.72 Å². The number of rotatable bonds is 3. The molecule has 0 atom stereocenters. The molecule has 0 aliphatic carbocycles. The first kappa shape index (κ1) is 17.3. The summed E-state index contributed by atoms with van der Waals surface area (Å²) < 4.78 is 72.5. The van der Waals surface area contributed by atoms with Gasteiger partial charge in [0.1, 0.15) is 34.6 Å². The summed E-state index contributed by atoms with van der Waals surface area (Å²) >= 11 is 0. The molecule has 0 saturated heterocycles. The summed E-state index contributed by atoms with van der Waals surface area (Å²) in [6, 6.07) is 2.24. The zero-order chi connectivity index (χ0) is 18.2. The Labute approximate surface area is 134 Å². The molecule has 1 aromatic carbocycles. The van der Waals surface area contributed by atoms with E-state index in [1.807, 2.05) is 0 Å². The van der Waals surface area contributed by atoms with E-state index in [0.717, 1.165) is 12.1 Å². The predicted molar refractivity (Wildman–Crippen MR) is 72.5 cm³/mol. The monoisotopic (exact) mass is 356 g/mol. The molecule has 1 N–H and O–H groups in total. The number of anilines is 1. The van der Waals surface area contributed by atoms with Crippen LogP contribution >= 0.6 is 0 Å². The molecule has 2 rings (SSSR count). The zero-order valence-corrected chi connectivity index (χ0v) is 12.9. The molecule has 24 heavy (non-hydrogen) atoms. The number of hydrogen-bond donors (Lipinski definition) is 1. The fourth-order valence-electron chi connectivity index (χ4n) is 2.00. The van der Waals surface area contributed by atoms with Crippen LogP contribution in [0.4, 0.5) is 18.9 Å². The van der Waals surface area contributed by atoms with Gasteiger partial charge in [-0.05, 0) is 13.8 Å². The van der Waals surface area contributed by atoms with Crippen molar-refractivity contribution in [3.05, 3.63) is 40.0 Å². The molecule has 2 aromatic rings. The van der Waals surface area contributed by atoms with Crippen LogP contribution in [0.2, 0.25) is 0 Å². The first-order valence-electron chi connectivity index (χ1n) is 6.12. The molecule has 0 unspecified atom stereocenters. The van der Waals surface area contributed by atoms with E-state index in [0.29, 0.717) is 0 Å². The third-order valence-electron chi connectivity index (χ3n) is 3.02. The van der Waals surface area contributed by atoms with Gasteiger partial charge in [0, 0.05) is 0 Å². The van der Waals surface area contributed by atoms with Crippen molar-refractivity contribution in [2.45, 2.75) is 18.7 Å². The van der Waals surface area contributed by atoms with Crippen LogP contribution < -0.4 is 4.72 Å². The second kappa shape index (κ2) is 5.86. The largest absolute Gasteiger partial charge is 0.360 e. The molecule has 0 bridgehead atoms. The Morgan fingerprint density at radius 2 is 1.58 bits per heavy atom. The SMILES string of the molecule is Cc1noc(C)c1S(=O)(=O)Nc1c(F)c(C#N)c(F)c(F)c1C#N. The van der Waals surface area contributed by atoms with Crippen LogP contribution in [0.3, 0.4) is 0 Å². The number of nitriles is 2. The van der Waals surface area contributed by atoms with Crippen molar-refractivity contribution in [3.8, 4) is 12.1 Å². The quantitative estimate of drug-likeness (QED) is 0.842. The smallest absolute Gasteiger partial charge is 0.267 e. The number of aryl methyl sites for hydroxylation is 2. The number of benzene rings is 1. The summed E-state index contributed by atoms with van der Waals surface area (Å²) in [5.41, 5.74) is -3.82. The molecule has 0 aliphatic heterocycles. The first-order chi connectivity index (χ1) is 11.2. The van der Waals surface area contributed by atoms with Crippen molar-refractivity contribution >= 4 is 15.7 Å². The van der Waals surface area contributed by atoms with E-state index >= 15 is 0 Å². The molecule has 0 fully saturated rings. The fourth-order valence-corrected chi connectivity index (χ4v) is 3.41. The van der Waals surface area contributed by atoms with Gasteiger partial charge in [0.15, 0.2) is 28.1 Å². The highest BCUT2D eigenvalue weighted by Gasteiger charge is 2.31. The number of hydrogen-bond acceptors (Lipinski definition) is 6. The maximum Gasteiger partial charge on any atom is 0.267 e. The number of aromatic nitrogens is 1. The first-order valence-corrected chi connectivity index (χ1v) is 7.60. The van der Waals surface area contributed by atoms with Gasteiger partial charge < -0.3 is 4.52 Å². The Hall–Kier alpha value is -3.05. The van der Waals surface area contributed by atoms with Crippen LogP contribution in [-0.4, -0.2) is 13.6 Å². The summed E-state index contributed by atoms with van der Waals surface area (Å²) in [7, 11) is -4.54. The summed E-state index contributed by atoms with van der Waals surface area (Å²) in [6.45, 7) is 2.56. The molecule has 0 amide bonds. The van der Waals surface area contributed by atoms with Gasteiger partial charge in [0.05, 0.1) is 0 Å². The lowest BCUT2D eigenvalue weighted by Crippen LogP contribution is -2.18. The lowest BCUT2D eigenvalue weighted by Gasteiger charge is -2.12. The van der Waals surface area contributed by atoms with Gasteiger partial charge in [-0.1, -0.05) is 5.16 Å². The Balaban J connectivity index is 2.74. The van der Waals surface area contributed by atoms with E-state index in [9.17, 15) is 21.6 Å². The highest BCUT2D eigenvalue weighted by atomic mass is 32.2. The minimum Gasteiger partial charge on any atom is -0.360 e. The van der Waals surface area contributed by atoms with Crippen LogP contribution in [0.25, 0.3) is 0 Å². The molecule has 7 nitrogen and oxygen atoms in total. The molecular weight excluding hydrogens is 349 g/mol. The topological polar surface area (TPSA) is 120 Å². The molecule has 0 saturated carbocycles. The number of sulfonamides is 1. The van der Waals surface area contributed by atoms with Crippen molar-refractivity contribution in [3.63, 3.8) is 0 Å². The van der Waals surface area contributed by atoms with Gasteiger partial charge in [-0.3, -0.25) is 4.72 Å². The average molecular weight is 356 g/mol. The van der Waals surface area contributed by atoms with Crippen molar-refractivity contribution in [1.82, 2.24) is 5.16 Å². The lowest BCUT2D eigenvalue weighted by atomic mass is 10.1. The maximum atomic E-state index is 14.2. The normalized spacial score (nSPS) is 11.0. The van der Waals surface area contributed by atoms with E-state index < -0.39 is 49.2 Å². The van der Waals surface area contributed by atoms with Gasteiger partial charge in [0.2, 0.25) is 0 Å². The highest BCUT2D eigenvalue weighted by Crippen LogP contribution is 2.31. The molecule has 1 heterocycles. The standard InChI is InChI=1S/C13H7F3N4O3S/c1-5-13(6(2)23-19-5)24(21,22)20-12-8(4-18)10(15)9(14)7(3-17)11(12)16/h20H,1-2H3. The predicted octanol–water partition coefficient (Wildman–Crippen LogP) is 2.25. The van der Waals surface area contributed by atoms with E-state index in [1.165, 1.54) is 13.8 Å². The molecule has 0 radical (unpaired) electrons. The summed E-state index contributed by atoms with van der Waals surface area (Å²) in [6.07, 6.45) is 0. The number of nitrogens with zero attached hydrogens (tertiary/aromatic N) is 3. The third kappa shape index (κ3) is 2.55. The Morgan fingerprint density at radius 3 is 2.04 bits per heavy atom. The molecule has 0 aliphatic rings. The second-order valence-electron chi connectivity index (χ2n) is 4.55. The fraction of sp³-hybridized carbons (Fsp3) is 0.154. The Kier molecular flexibility index (Phi) is 4.23. The number of halogens is 3. The molecule has 124 valence electrons. The van der Waals surface area contributed by atoms with Crippen LogP contribution in [0.5, 0.6) is 0 Å². The van der Waals surface area contributed by atoms with Gasteiger partial charge in [0.25, 0.3) is 10.0 Å². The second-order valence-corrected chi connectivity index (χ2v) is 6.17. The van der Waals surface area contributed by atoms with Gasteiger partial charge in [-0.25, -0.2) is 21.6 Å². The molecule has 0 spiro atoms. The van der Waals surface area contributed by atoms with E-state index in [1.54, 1.807) is 4.72 Å². The van der Waals surface area contributed by atoms with Crippen LogP contribution in [-0.2, 0) is 10.0 Å². The Morgan fingerprint density at radius 1 is 1.04 bits per heavy atom.